The molecule has 3 atom stereocenters. The summed E-state index contributed by atoms with van der Waals surface area (Å²) < 4.78 is 24.3. The van der Waals surface area contributed by atoms with Crippen molar-refractivity contribution in [2.45, 2.75) is 75.4 Å². The van der Waals surface area contributed by atoms with E-state index in [0.717, 1.165) is 57.6 Å². The van der Waals surface area contributed by atoms with Crippen LogP contribution >= 0.6 is 0 Å². The lowest BCUT2D eigenvalue weighted by molar-refractivity contribution is -0.150. The molecule has 2 fully saturated rings. The van der Waals surface area contributed by atoms with Gasteiger partial charge >= 0.3 is 5.97 Å². The van der Waals surface area contributed by atoms with E-state index in [1.165, 1.54) is 5.56 Å². The molecule has 0 radical (unpaired) electrons. The minimum absolute atomic E-state index is 0.0617. The summed E-state index contributed by atoms with van der Waals surface area (Å²) in [7, 11) is -1.04. The highest BCUT2D eigenvalue weighted by Gasteiger charge is 2.33. The van der Waals surface area contributed by atoms with Crippen molar-refractivity contribution >= 4 is 16.8 Å². The summed E-state index contributed by atoms with van der Waals surface area (Å²) in [5, 5.41) is -0.0617. The molecule has 1 aromatic rings. The Morgan fingerprint density at radius 1 is 1.13 bits per heavy atom. The molecule has 1 saturated carbocycles. The quantitative estimate of drug-likeness (QED) is 0.610. The van der Waals surface area contributed by atoms with Crippen molar-refractivity contribution in [3.8, 4) is 0 Å². The van der Waals surface area contributed by atoms with Gasteiger partial charge in [0.25, 0.3) is 0 Å². The monoisotopic (exact) mass is 435 g/mol. The van der Waals surface area contributed by atoms with E-state index in [1.54, 1.807) is 0 Å². The highest BCUT2D eigenvalue weighted by molar-refractivity contribution is 7.84. The molecule has 30 heavy (non-hydrogen) atoms. The molecule has 2 aliphatic rings. The first-order valence-corrected chi connectivity index (χ1v) is 12.7. The fourth-order valence-corrected chi connectivity index (χ4v) is 5.87. The third kappa shape index (κ3) is 6.89. The minimum Gasteiger partial charge on any atom is -0.461 e. The Kier molecular flexibility index (Phi) is 8.49. The normalized spacial score (nSPS) is 24.4. The van der Waals surface area contributed by atoms with E-state index in [1.807, 2.05) is 0 Å². The van der Waals surface area contributed by atoms with Crippen molar-refractivity contribution in [2.75, 3.05) is 32.8 Å². The van der Waals surface area contributed by atoms with Crippen LogP contribution in [-0.2, 0) is 36.2 Å². The molecule has 5 nitrogen and oxygen atoms in total. The smallest absolute Gasteiger partial charge is 0.307 e. The second kappa shape index (κ2) is 10.9. The molecule has 3 rings (SSSR count). The van der Waals surface area contributed by atoms with Gasteiger partial charge in [-0.2, -0.15) is 0 Å². The summed E-state index contributed by atoms with van der Waals surface area (Å²) in [6.07, 6.45) is 3.96. The largest absolute Gasteiger partial charge is 0.461 e. The van der Waals surface area contributed by atoms with Gasteiger partial charge in [0, 0.05) is 36.2 Å². The summed E-state index contributed by atoms with van der Waals surface area (Å²) in [6.45, 7) is 10.5. The molecule has 168 valence electrons. The Hall–Kier alpha value is -1.24. The summed E-state index contributed by atoms with van der Waals surface area (Å²) in [5.41, 5.74) is 2.48. The van der Waals surface area contributed by atoms with Crippen molar-refractivity contribution in [3.05, 3.63) is 35.4 Å². The molecule has 1 saturated heterocycles. The molecule has 1 heterocycles. The van der Waals surface area contributed by atoms with Crippen molar-refractivity contribution in [1.29, 1.82) is 0 Å². The number of carbonyl (C=O) groups excluding carboxylic acids is 1. The van der Waals surface area contributed by atoms with E-state index in [0.29, 0.717) is 18.7 Å². The molecule has 1 aliphatic heterocycles. The van der Waals surface area contributed by atoms with Gasteiger partial charge < -0.3 is 9.47 Å². The fourth-order valence-electron chi connectivity index (χ4n) is 4.17. The molecule has 0 bridgehead atoms. The Morgan fingerprint density at radius 3 is 2.47 bits per heavy atom. The second-order valence-corrected chi connectivity index (χ2v) is 11.2. The molecule has 0 aromatic heterocycles. The zero-order valence-corrected chi connectivity index (χ0v) is 19.5. The predicted octanol–water partition coefficient (Wildman–Crippen LogP) is 3.81. The molecule has 6 heteroatoms. The van der Waals surface area contributed by atoms with Crippen molar-refractivity contribution < 1.29 is 18.5 Å². The SMILES string of the molecule is CC(C)(C)c1ccc(C[S@@](=O)[C@@H]2CCCC[C@@H]2OC(=O)CCN2CCOCC2)cc1. The van der Waals surface area contributed by atoms with Crippen LogP contribution in [0.15, 0.2) is 24.3 Å². The molecule has 1 aliphatic carbocycles. The van der Waals surface area contributed by atoms with Crippen molar-refractivity contribution in [3.63, 3.8) is 0 Å². The first-order valence-electron chi connectivity index (χ1n) is 11.3. The van der Waals surface area contributed by atoms with Crippen molar-refractivity contribution in [1.82, 2.24) is 4.90 Å². The van der Waals surface area contributed by atoms with Crippen LogP contribution < -0.4 is 0 Å². The highest BCUT2D eigenvalue weighted by Crippen LogP contribution is 2.28. The number of hydrogen-bond donors (Lipinski definition) is 0. The van der Waals surface area contributed by atoms with Crippen molar-refractivity contribution in [2.24, 2.45) is 0 Å². The fraction of sp³-hybridized carbons (Fsp3) is 0.708. The number of ether oxygens (including phenoxy) is 2. The minimum atomic E-state index is -1.04. The van der Waals surface area contributed by atoms with Crippen LogP contribution in [0.1, 0.15) is 64.0 Å². The molecule has 0 amide bonds. The van der Waals surface area contributed by atoms with Crippen LogP contribution in [-0.4, -0.2) is 59.3 Å². The lowest BCUT2D eigenvalue weighted by atomic mass is 9.87. The lowest BCUT2D eigenvalue weighted by Gasteiger charge is -2.31. The molecule has 0 N–H and O–H groups in total. The Morgan fingerprint density at radius 2 is 1.80 bits per heavy atom. The number of hydrogen-bond acceptors (Lipinski definition) is 5. The van der Waals surface area contributed by atoms with Crippen LogP contribution in [0.2, 0.25) is 0 Å². The van der Waals surface area contributed by atoms with Gasteiger partial charge in [0.1, 0.15) is 6.10 Å². The summed E-state index contributed by atoms with van der Waals surface area (Å²) in [5.74, 6) is 0.363. The van der Waals surface area contributed by atoms with Gasteiger partial charge in [0.05, 0.1) is 24.9 Å². The van der Waals surface area contributed by atoms with Crippen LogP contribution in [0.3, 0.4) is 0 Å². The van der Waals surface area contributed by atoms with Crippen LogP contribution in [0, 0.1) is 0 Å². The number of morpholine rings is 1. The van der Waals surface area contributed by atoms with Gasteiger partial charge in [-0.25, -0.2) is 0 Å². The summed E-state index contributed by atoms with van der Waals surface area (Å²) in [6, 6.07) is 8.45. The van der Waals surface area contributed by atoms with E-state index < -0.39 is 10.8 Å². The average molecular weight is 436 g/mol. The average Bonchev–Trinajstić information content (AvgIpc) is 2.73. The van der Waals surface area contributed by atoms with Gasteiger partial charge in [0.2, 0.25) is 0 Å². The van der Waals surface area contributed by atoms with E-state index in [4.69, 9.17) is 9.47 Å². The van der Waals surface area contributed by atoms with E-state index >= 15 is 0 Å². The predicted molar refractivity (Wildman–Crippen MR) is 121 cm³/mol. The van der Waals surface area contributed by atoms with E-state index in [9.17, 15) is 9.00 Å². The third-order valence-corrected chi connectivity index (χ3v) is 7.96. The number of benzene rings is 1. The first kappa shape index (κ1) is 23.4. The molecular weight excluding hydrogens is 398 g/mol. The maximum atomic E-state index is 13.1. The Balaban J connectivity index is 1.52. The van der Waals surface area contributed by atoms with Crippen LogP contribution in [0.4, 0.5) is 0 Å². The van der Waals surface area contributed by atoms with Gasteiger partial charge in [-0.15, -0.1) is 0 Å². The second-order valence-electron chi connectivity index (χ2n) is 9.53. The van der Waals surface area contributed by atoms with Crippen LogP contribution in [0.5, 0.6) is 0 Å². The Labute approximate surface area is 184 Å². The first-order chi connectivity index (χ1) is 14.3. The van der Waals surface area contributed by atoms with Gasteiger partial charge in [-0.1, -0.05) is 51.5 Å². The van der Waals surface area contributed by atoms with E-state index in [-0.39, 0.29) is 22.7 Å². The standard InChI is InChI=1S/C24H37NO4S/c1-24(2,3)20-10-8-19(9-11-20)18-30(27)22-7-5-4-6-21(22)29-23(26)12-13-25-14-16-28-17-15-25/h8-11,21-22H,4-7,12-18H2,1-3H3/t21-,22+,30+/m0/s1. The Bertz CT molecular complexity index is 707. The topological polar surface area (TPSA) is 55.8 Å². The summed E-state index contributed by atoms with van der Waals surface area (Å²) in [4.78, 5) is 14.7. The molecule has 0 spiro atoms. The lowest BCUT2D eigenvalue weighted by Crippen LogP contribution is -2.40. The summed E-state index contributed by atoms with van der Waals surface area (Å²) >= 11 is 0. The van der Waals surface area contributed by atoms with Gasteiger partial charge in [-0.05, 0) is 35.8 Å². The molecular formula is C24H37NO4S. The van der Waals surface area contributed by atoms with E-state index in [2.05, 4.69) is 49.9 Å². The van der Waals surface area contributed by atoms with Gasteiger partial charge in [0.15, 0.2) is 0 Å². The molecule has 1 aromatic carbocycles. The number of rotatable bonds is 7. The highest BCUT2D eigenvalue weighted by atomic mass is 32.2. The van der Waals surface area contributed by atoms with Crippen LogP contribution in [0.25, 0.3) is 0 Å². The zero-order chi connectivity index (χ0) is 21.6. The maximum Gasteiger partial charge on any atom is 0.307 e. The number of carbonyl (C=O) groups is 1. The van der Waals surface area contributed by atoms with Gasteiger partial charge in [-0.3, -0.25) is 13.9 Å². The third-order valence-electron chi connectivity index (χ3n) is 6.13. The number of esters is 1. The molecule has 0 unspecified atom stereocenters. The maximum absolute atomic E-state index is 13.1. The zero-order valence-electron chi connectivity index (χ0n) is 18.7. The number of nitrogens with zero attached hydrogens (tertiary/aromatic N) is 1.